The number of hydrogen-bond acceptors (Lipinski definition) is 3. The van der Waals surface area contributed by atoms with Crippen LogP contribution in [0.5, 0.6) is 0 Å². The molecule has 1 atom stereocenters. The molecule has 3 N–H and O–H groups in total. The molecular weight excluding hydrogens is 238 g/mol. The third-order valence-electron chi connectivity index (χ3n) is 4.22. The number of rotatable bonds is 3. The van der Waals surface area contributed by atoms with E-state index in [0.29, 0.717) is 13.2 Å². The van der Waals surface area contributed by atoms with Gasteiger partial charge in [0.05, 0.1) is 24.7 Å². The third-order valence-corrected chi connectivity index (χ3v) is 4.22. The quantitative estimate of drug-likeness (QED) is 0.875. The number of ether oxygens (including phenoxy) is 1. The van der Waals surface area contributed by atoms with Gasteiger partial charge < -0.3 is 15.6 Å². The summed E-state index contributed by atoms with van der Waals surface area (Å²) < 4.78 is 5.38. The molecule has 1 aromatic carbocycles. The molecule has 3 heteroatoms. The normalized spacial score (nSPS) is 19.9. The van der Waals surface area contributed by atoms with Gasteiger partial charge >= 0.3 is 0 Å². The second-order valence-electron chi connectivity index (χ2n) is 6.68. The summed E-state index contributed by atoms with van der Waals surface area (Å²) in [5.74, 6) is 0. The molecule has 0 saturated carbocycles. The molecule has 0 aromatic heterocycles. The SMILES string of the molecule is Cc1ccc(C(C)(C)C)cc1C1(C(O)CN)COC1. The summed E-state index contributed by atoms with van der Waals surface area (Å²) in [6, 6.07) is 6.52. The minimum Gasteiger partial charge on any atom is -0.391 e. The summed E-state index contributed by atoms with van der Waals surface area (Å²) in [4.78, 5) is 0. The first-order valence-corrected chi connectivity index (χ1v) is 6.89. The highest BCUT2D eigenvalue weighted by molar-refractivity contribution is 5.42. The highest BCUT2D eigenvalue weighted by atomic mass is 16.5. The third kappa shape index (κ3) is 2.42. The zero-order valence-electron chi connectivity index (χ0n) is 12.4. The van der Waals surface area contributed by atoms with E-state index >= 15 is 0 Å². The first kappa shape index (κ1) is 14.5. The van der Waals surface area contributed by atoms with Gasteiger partial charge in [-0.1, -0.05) is 39.0 Å². The average Bonchev–Trinajstić information content (AvgIpc) is 2.28. The molecule has 0 amide bonds. The van der Waals surface area contributed by atoms with Crippen LogP contribution in [0.1, 0.15) is 37.5 Å². The van der Waals surface area contributed by atoms with Crippen molar-refractivity contribution in [3.8, 4) is 0 Å². The van der Waals surface area contributed by atoms with Crippen molar-refractivity contribution in [2.45, 2.75) is 44.6 Å². The summed E-state index contributed by atoms with van der Waals surface area (Å²) in [6.07, 6.45) is -0.546. The van der Waals surface area contributed by atoms with E-state index in [0.717, 1.165) is 0 Å². The number of aryl methyl sites for hydroxylation is 1. The van der Waals surface area contributed by atoms with Crippen molar-refractivity contribution in [2.75, 3.05) is 19.8 Å². The monoisotopic (exact) mass is 263 g/mol. The minimum atomic E-state index is -0.546. The molecule has 1 aliphatic rings. The lowest BCUT2D eigenvalue weighted by Gasteiger charge is -2.46. The Morgan fingerprint density at radius 3 is 2.42 bits per heavy atom. The standard InChI is InChI=1S/C16H25NO2/c1-11-5-6-12(15(2,3)4)7-13(11)16(9-19-10-16)14(18)8-17/h5-7,14,18H,8-10,17H2,1-4H3. The Labute approximate surface area is 115 Å². The van der Waals surface area contributed by atoms with Gasteiger partial charge in [0.15, 0.2) is 0 Å². The molecule has 0 aliphatic carbocycles. The van der Waals surface area contributed by atoms with Crippen molar-refractivity contribution in [1.82, 2.24) is 0 Å². The van der Waals surface area contributed by atoms with E-state index in [1.807, 2.05) is 0 Å². The van der Waals surface area contributed by atoms with Gasteiger partial charge in [0, 0.05) is 6.54 Å². The molecule has 1 heterocycles. The molecule has 1 unspecified atom stereocenters. The first-order chi connectivity index (χ1) is 8.81. The van der Waals surface area contributed by atoms with Crippen LogP contribution in [0.15, 0.2) is 18.2 Å². The topological polar surface area (TPSA) is 55.5 Å². The Morgan fingerprint density at radius 2 is 2.00 bits per heavy atom. The molecule has 2 rings (SSSR count). The van der Waals surface area contributed by atoms with E-state index in [1.165, 1.54) is 16.7 Å². The fraction of sp³-hybridized carbons (Fsp3) is 0.625. The second kappa shape index (κ2) is 4.89. The van der Waals surface area contributed by atoms with Gasteiger partial charge in [0.1, 0.15) is 0 Å². The van der Waals surface area contributed by atoms with Crippen LogP contribution in [0.4, 0.5) is 0 Å². The number of aliphatic hydroxyl groups excluding tert-OH is 1. The zero-order chi connectivity index (χ0) is 14.3. The van der Waals surface area contributed by atoms with Crippen LogP contribution in [0.2, 0.25) is 0 Å². The molecule has 3 nitrogen and oxygen atoms in total. The van der Waals surface area contributed by atoms with Gasteiger partial charge in [-0.15, -0.1) is 0 Å². The van der Waals surface area contributed by atoms with Gasteiger partial charge in [0.2, 0.25) is 0 Å². The van der Waals surface area contributed by atoms with Crippen molar-refractivity contribution in [3.63, 3.8) is 0 Å². The van der Waals surface area contributed by atoms with Gasteiger partial charge in [-0.05, 0) is 29.0 Å². The highest BCUT2D eigenvalue weighted by Crippen LogP contribution is 2.39. The fourth-order valence-electron chi connectivity index (χ4n) is 2.70. The highest BCUT2D eigenvalue weighted by Gasteiger charge is 2.47. The smallest absolute Gasteiger partial charge is 0.0803 e. The van der Waals surface area contributed by atoms with E-state index in [2.05, 4.69) is 45.9 Å². The summed E-state index contributed by atoms with van der Waals surface area (Å²) in [5.41, 5.74) is 9.12. The maximum absolute atomic E-state index is 10.3. The van der Waals surface area contributed by atoms with Crippen LogP contribution >= 0.6 is 0 Å². The fourth-order valence-corrected chi connectivity index (χ4v) is 2.70. The van der Waals surface area contributed by atoms with Crippen molar-refractivity contribution in [3.05, 3.63) is 34.9 Å². The Balaban J connectivity index is 2.49. The van der Waals surface area contributed by atoms with E-state index < -0.39 is 6.10 Å². The average molecular weight is 263 g/mol. The van der Waals surface area contributed by atoms with E-state index in [1.54, 1.807) is 0 Å². The molecule has 19 heavy (non-hydrogen) atoms. The molecular formula is C16H25NO2. The predicted octanol–water partition coefficient (Wildman–Crippen LogP) is 1.88. The Morgan fingerprint density at radius 1 is 1.37 bits per heavy atom. The minimum absolute atomic E-state index is 0.0991. The number of hydrogen-bond donors (Lipinski definition) is 2. The number of nitrogens with two attached hydrogens (primary N) is 1. The molecule has 1 aromatic rings. The lowest BCUT2D eigenvalue weighted by atomic mass is 9.70. The molecule has 1 aliphatic heterocycles. The van der Waals surface area contributed by atoms with Crippen molar-refractivity contribution in [1.29, 1.82) is 0 Å². The molecule has 0 spiro atoms. The van der Waals surface area contributed by atoms with E-state index in [-0.39, 0.29) is 17.4 Å². The van der Waals surface area contributed by atoms with Gasteiger partial charge in [-0.2, -0.15) is 0 Å². The summed E-state index contributed by atoms with van der Waals surface area (Å²) in [5, 5.41) is 10.3. The van der Waals surface area contributed by atoms with Gasteiger partial charge in [-0.25, -0.2) is 0 Å². The summed E-state index contributed by atoms with van der Waals surface area (Å²) in [7, 11) is 0. The van der Waals surface area contributed by atoms with Crippen LogP contribution in [0.25, 0.3) is 0 Å². The number of aliphatic hydroxyl groups is 1. The molecule has 0 bridgehead atoms. The Kier molecular flexibility index (Phi) is 3.74. The van der Waals surface area contributed by atoms with E-state index in [9.17, 15) is 5.11 Å². The number of benzene rings is 1. The molecule has 1 fully saturated rings. The largest absolute Gasteiger partial charge is 0.391 e. The van der Waals surface area contributed by atoms with Gasteiger partial charge in [-0.3, -0.25) is 0 Å². The van der Waals surface area contributed by atoms with Crippen molar-refractivity contribution < 1.29 is 9.84 Å². The van der Waals surface area contributed by atoms with Crippen LogP contribution in [0.3, 0.4) is 0 Å². The van der Waals surface area contributed by atoms with E-state index in [4.69, 9.17) is 10.5 Å². The first-order valence-electron chi connectivity index (χ1n) is 6.89. The van der Waals surface area contributed by atoms with Crippen molar-refractivity contribution in [2.24, 2.45) is 5.73 Å². The molecule has 106 valence electrons. The summed E-state index contributed by atoms with van der Waals surface area (Å²) in [6.45, 7) is 10.1. The van der Waals surface area contributed by atoms with Crippen LogP contribution in [-0.4, -0.2) is 31.0 Å². The maximum Gasteiger partial charge on any atom is 0.0803 e. The van der Waals surface area contributed by atoms with Gasteiger partial charge in [0.25, 0.3) is 0 Å². The van der Waals surface area contributed by atoms with Crippen LogP contribution in [0, 0.1) is 6.92 Å². The lowest BCUT2D eigenvalue weighted by Crippen LogP contribution is -2.58. The molecule has 0 radical (unpaired) electrons. The second-order valence-corrected chi connectivity index (χ2v) is 6.68. The predicted molar refractivity (Wildman–Crippen MR) is 77.4 cm³/mol. The summed E-state index contributed by atoms with van der Waals surface area (Å²) >= 11 is 0. The van der Waals surface area contributed by atoms with Crippen molar-refractivity contribution >= 4 is 0 Å². The van der Waals surface area contributed by atoms with Crippen LogP contribution < -0.4 is 5.73 Å². The lowest BCUT2D eigenvalue weighted by molar-refractivity contribution is -0.117. The van der Waals surface area contributed by atoms with Crippen LogP contribution in [-0.2, 0) is 15.6 Å². The zero-order valence-corrected chi connectivity index (χ0v) is 12.4. The Hall–Kier alpha value is -0.900. The maximum atomic E-state index is 10.3. The Bertz CT molecular complexity index is 458. The molecule has 1 saturated heterocycles.